The van der Waals surface area contributed by atoms with Crippen LogP contribution in [0.2, 0.25) is 0 Å². The van der Waals surface area contributed by atoms with Crippen molar-refractivity contribution >= 4 is 21.6 Å². The fourth-order valence-corrected chi connectivity index (χ4v) is 1.81. The zero-order chi connectivity index (χ0) is 14.5. The predicted octanol–water partition coefficient (Wildman–Crippen LogP) is 3.28. The van der Waals surface area contributed by atoms with Crippen LogP contribution in [0.5, 0.6) is 0 Å². The highest BCUT2D eigenvalue weighted by Gasteiger charge is 2.33. The first kappa shape index (κ1) is 16.3. The van der Waals surface area contributed by atoms with Crippen molar-refractivity contribution in [1.82, 2.24) is 0 Å². The number of anilines is 1. The van der Waals surface area contributed by atoms with E-state index in [2.05, 4.69) is 21.2 Å². The Balaban J connectivity index is 2.73. The molecule has 0 saturated carbocycles. The minimum Gasteiger partial charge on any atom is -0.389 e. The van der Waals surface area contributed by atoms with Crippen molar-refractivity contribution in [1.29, 1.82) is 0 Å². The van der Waals surface area contributed by atoms with Crippen LogP contribution in [0.3, 0.4) is 0 Å². The highest BCUT2D eigenvalue weighted by atomic mass is 79.9. The van der Waals surface area contributed by atoms with Gasteiger partial charge in [-0.1, -0.05) is 15.9 Å². The molecule has 3 nitrogen and oxygen atoms in total. The quantitative estimate of drug-likeness (QED) is 0.834. The summed E-state index contributed by atoms with van der Waals surface area (Å²) in [6.07, 6.45) is -5.30. The van der Waals surface area contributed by atoms with Crippen molar-refractivity contribution < 1.29 is 23.0 Å². The molecule has 0 aliphatic rings. The molecule has 0 aliphatic heterocycles. The Hall–Kier alpha value is -0.790. The van der Waals surface area contributed by atoms with Gasteiger partial charge in [-0.15, -0.1) is 0 Å². The normalized spacial score (nSPS) is 13.4. The molecule has 108 valence electrons. The Morgan fingerprint density at radius 2 is 2.11 bits per heavy atom. The molecule has 0 radical (unpaired) electrons. The molecule has 0 aliphatic carbocycles. The zero-order valence-electron chi connectivity index (χ0n) is 10.3. The van der Waals surface area contributed by atoms with E-state index >= 15 is 0 Å². The average molecular weight is 342 g/mol. The number of rotatable bonds is 6. The second-order valence-electron chi connectivity index (χ2n) is 3.88. The minimum atomic E-state index is -4.45. The molecule has 1 atom stereocenters. The monoisotopic (exact) mass is 341 g/mol. The van der Waals surface area contributed by atoms with E-state index in [0.29, 0.717) is 11.1 Å². The summed E-state index contributed by atoms with van der Waals surface area (Å²) in [6, 6.07) is 3.82. The molecule has 7 heteroatoms. The van der Waals surface area contributed by atoms with E-state index in [-0.39, 0.29) is 18.8 Å². The van der Waals surface area contributed by atoms with Crippen molar-refractivity contribution in [2.45, 2.75) is 19.2 Å². The van der Waals surface area contributed by atoms with E-state index in [1.165, 1.54) is 12.1 Å². The molecule has 1 aromatic carbocycles. The highest BCUT2D eigenvalue weighted by Crippen LogP contribution is 2.36. The predicted molar refractivity (Wildman–Crippen MR) is 70.1 cm³/mol. The summed E-state index contributed by atoms with van der Waals surface area (Å²) >= 11 is 3.01. The molecule has 0 amide bonds. The van der Waals surface area contributed by atoms with Gasteiger partial charge in [0.25, 0.3) is 0 Å². The molecule has 0 spiro atoms. The number of hydrogen-bond donors (Lipinski definition) is 2. The van der Waals surface area contributed by atoms with E-state index in [9.17, 15) is 18.3 Å². The van der Waals surface area contributed by atoms with Crippen LogP contribution >= 0.6 is 15.9 Å². The number of ether oxygens (including phenoxy) is 1. The number of halogens is 4. The number of alkyl halides is 3. The topological polar surface area (TPSA) is 41.5 Å². The maximum absolute atomic E-state index is 12.8. The van der Waals surface area contributed by atoms with Crippen molar-refractivity contribution in [3.8, 4) is 0 Å². The SMILES string of the molecule is CCOCC(O)CNc1ccc(Br)cc1C(F)(F)F. The van der Waals surface area contributed by atoms with Crippen LogP contribution in [0.4, 0.5) is 18.9 Å². The van der Waals surface area contributed by atoms with E-state index in [0.717, 1.165) is 6.07 Å². The van der Waals surface area contributed by atoms with Gasteiger partial charge in [-0.05, 0) is 25.1 Å². The van der Waals surface area contributed by atoms with Gasteiger partial charge in [0.15, 0.2) is 0 Å². The third-order valence-electron chi connectivity index (χ3n) is 2.33. The second-order valence-corrected chi connectivity index (χ2v) is 4.80. The minimum absolute atomic E-state index is 0.00921. The van der Waals surface area contributed by atoms with Crippen LogP contribution < -0.4 is 5.32 Å². The van der Waals surface area contributed by atoms with E-state index in [4.69, 9.17) is 4.74 Å². The first-order valence-electron chi connectivity index (χ1n) is 5.71. The van der Waals surface area contributed by atoms with Gasteiger partial charge in [0, 0.05) is 23.3 Å². The Morgan fingerprint density at radius 1 is 1.42 bits per heavy atom. The van der Waals surface area contributed by atoms with Crippen LogP contribution in [0.15, 0.2) is 22.7 Å². The summed E-state index contributed by atoms with van der Waals surface area (Å²) < 4.78 is 43.8. The third-order valence-corrected chi connectivity index (χ3v) is 2.82. The Labute approximate surface area is 117 Å². The van der Waals surface area contributed by atoms with E-state index in [1.54, 1.807) is 6.92 Å². The lowest BCUT2D eigenvalue weighted by Crippen LogP contribution is -2.25. The molecular weight excluding hydrogens is 327 g/mol. The second kappa shape index (κ2) is 7.12. The molecule has 0 aromatic heterocycles. The summed E-state index contributed by atoms with van der Waals surface area (Å²) in [5, 5.41) is 12.1. The van der Waals surface area contributed by atoms with Gasteiger partial charge < -0.3 is 15.2 Å². The number of aliphatic hydroxyl groups excluding tert-OH is 1. The Morgan fingerprint density at radius 3 is 2.68 bits per heavy atom. The van der Waals surface area contributed by atoms with E-state index in [1.807, 2.05) is 0 Å². The molecule has 0 heterocycles. The molecule has 1 rings (SSSR count). The highest BCUT2D eigenvalue weighted by molar-refractivity contribution is 9.10. The van der Waals surface area contributed by atoms with Crippen molar-refractivity contribution in [3.05, 3.63) is 28.2 Å². The average Bonchev–Trinajstić information content (AvgIpc) is 2.33. The lowest BCUT2D eigenvalue weighted by molar-refractivity contribution is -0.137. The number of nitrogens with one attached hydrogen (secondary N) is 1. The molecule has 1 unspecified atom stereocenters. The lowest BCUT2D eigenvalue weighted by atomic mass is 10.1. The Kier molecular flexibility index (Phi) is 6.09. The van der Waals surface area contributed by atoms with Crippen LogP contribution in [0.1, 0.15) is 12.5 Å². The van der Waals surface area contributed by atoms with Crippen molar-refractivity contribution in [3.63, 3.8) is 0 Å². The van der Waals surface area contributed by atoms with Gasteiger partial charge >= 0.3 is 6.18 Å². The molecule has 1 aromatic rings. The van der Waals surface area contributed by atoms with Crippen LogP contribution in [-0.4, -0.2) is 31.0 Å². The maximum atomic E-state index is 12.8. The van der Waals surface area contributed by atoms with Crippen molar-refractivity contribution in [2.75, 3.05) is 25.1 Å². The first-order chi connectivity index (χ1) is 8.84. The fourth-order valence-electron chi connectivity index (χ4n) is 1.45. The van der Waals surface area contributed by atoms with Gasteiger partial charge in [0.1, 0.15) is 0 Å². The molecule has 2 N–H and O–H groups in total. The zero-order valence-corrected chi connectivity index (χ0v) is 11.9. The molecular formula is C12H15BrF3NO2. The van der Waals surface area contributed by atoms with Gasteiger partial charge in [-0.25, -0.2) is 0 Å². The third kappa shape index (κ3) is 5.38. The lowest BCUT2D eigenvalue weighted by Gasteiger charge is -2.17. The summed E-state index contributed by atoms with van der Waals surface area (Å²) in [4.78, 5) is 0. The van der Waals surface area contributed by atoms with Crippen molar-refractivity contribution in [2.24, 2.45) is 0 Å². The largest absolute Gasteiger partial charge is 0.418 e. The van der Waals surface area contributed by atoms with Crippen LogP contribution in [-0.2, 0) is 10.9 Å². The van der Waals surface area contributed by atoms with Gasteiger partial charge in [-0.2, -0.15) is 13.2 Å². The summed E-state index contributed by atoms with van der Waals surface area (Å²) in [5.74, 6) is 0. The van der Waals surface area contributed by atoms with Gasteiger partial charge in [-0.3, -0.25) is 0 Å². The van der Waals surface area contributed by atoms with E-state index < -0.39 is 17.8 Å². The molecule has 0 saturated heterocycles. The maximum Gasteiger partial charge on any atom is 0.418 e. The van der Waals surface area contributed by atoms with Gasteiger partial charge in [0.2, 0.25) is 0 Å². The number of benzene rings is 1. The Bertz CT molecular complexity index is 412. The summed E-state index contributed by atoms with van der Waals surface area (Å²) in [5.41, 5.74) is -0.836. The molecule has 0 bridgehead atoms. The summed E-state index contributed by atoms with van der Waals surface area (Å²) in [6.45, 7) is 2.30. The van der Waals surface area contributed by atoms with Crippen LogP contribution in [0.25, 0.3) is 0 Å². The molecule has 0 fully saturated rings. The molecule has 19 heavy (non-hydrogen) atoms. The number of aliphatic hydroxyl groups is 1. The number of hydrogen-bond acceptors (Lipinski definition) is 3. The fraction of sp³-hybridized carbons (Fsp3) is 0.500. The standard InChI is InChI=1S/C12H15BrF3NO2/c1-2-19-7-9(18)6-17-11-4-3-8(13)5-10(11)12(14,15)16/h3-5,9,17-18H,2,6-7H2,1H3. The van der Waals surface area contributed by atoms with Gasteiger partial charge in [0.05, 0.1) is 18.3 Å². The summed E-state index contributed by atoms with van der Waals surface area (Å²) in [7, 11) is 0. The van der Waals surface area contributed by atoms with Crippen LogP contribution in [0, 0.1) is 0 Å². The smallest absolute Gasteiger partial charge is 0.389 e. The first-order valence-corrected chi connectivity index (χ1v) is 6.50.